The van der Waals surface area contributed by atoms with Crippen molar-refractivity contribution in [2.24, 2.45) is 33.5 Å². The SMILES string of the molecule is CC12CCC(C(=Cc3ccc(S(=O)(=O)[O-])cc3)C1=O)C2(C)C.CC12CCC(C(=Cc3ccc(S(=O)(=O)[O-])cc3)C1=O)C2(C)C.[Mg+2]. The van der Waals surface area contributed by atoms with Crippen LogP contribution in [0.25, 0.3) is 12.2 Å². The van der Waals surface area contributed by atoms with E-state index < -0.39 is 20.2 Å². The second-order valence-corrected chi connectivity index (χ2v) is 17.0. The van der Waals surface area contributed by atoms with Crippen molar-refractivity contribution in [2.45, 2.75) is 77.0 Å². The molecule has 11 heteroatoms. The molecule has 4 aliphatic carbocycles. The van der Waals surface area contributed by atoms with Crippen LogP contribution in [-0.4, -0.2) is 60.6 Å². The van der Waals surface area contributed by atoms with E-state index in [1.807, 2.05) is 26.0 Å². The second-order valence-electron chi connectivity index (χ2n) is 14.2. The van der Waals surface area contributed by atoms with Gasteiger partial charge in [0.2, 0.25) is 0 Å². The van der Waals surface area contributed by atoms with Crippen LogP contribution < -0.4 is 0 Å². The van der Waals surface area contributed by atoms with Crippen molar-refractivity contribution in [1.82, 2.24) is 0 Å². The topological polar surface area (TPSA) is 149 Å². The summed E-state index contributed by atoms with van der Waals surface area (Å²) < 4.78 is 65.7. The predicted molar refractivity (Wildman–Crippen MR) is 170 cm³/mol. The molecule has 4 fully saturated rings. The van der Waals surface area contributed by atoms with Crippen LogP contribution in [0.15, 0.2) is 69.5 Å². The van der Waals surface area contributed by atoms with Gasteiger partial charge in [0.15, 0.2) is 11.6 Å². The monoisotopic (exact) mass is 662 g/mol. The molecule has 4 aliphatic rings. The summed E-state index contributed by atoms with van der Waals surface area (Å²) in [4.78, 5) is 24.9. The van der Waals surface area contributed by atoms with Gasteiger partial charge in [0.1, 0.15) is 20.2 Å². The number of carbonyl (C=O) groups excluding carboxylic acids is 2. The molecule has 2 aromatic rings. The Bertz CT molecular complexity index is 1690. The third kappa shape index (κ3) is 5.71. The molecular weight excluding hydrogens is 625 g/mol. The molecule has 8 nitrogen and oxygen atoms in total. The maximum Gasteiger partial charge on any atom is 2.00 e. The van der Waals surface area contributed by atoms with Gasteiger partial charge in [-0.15, -0.1) is 0 Å². The molecule has 6 rings (SSSR count). The van der Waals surface area contributed by atoms with Gasteiger partial charge in [0, 0.05) is 10.8 Å². The van der Waals surface area contributed by atoms with Crippen molar-refractivity contribution in [1.29, 1.82) is 0 Å². The molecule has 0 aliphatic heterocycles. The summed E-state index contributed by atoms with van der Waals surface area (Å²) >= 11 is 0. The molecule has 4 saturated carbocycles. The summed E-state index contributed by atoms with van der Waals surface area (Å²) in [6.07, 6.45) is 7.56. The minimum atomic E-state index is -4.43. The molecule has 4 bridgehead atoms. The number of rotatable bonds is 4. The van der Waals surface area contributed by atoms with Gasteiger partial charge in [0.05, 0.1) is 9.79 Å². The Morgan fingerprint density at radius 1 is 0.600 bits per heavy atom. The van der Waals surface area contributed by atoms with Crippen molar-refractivity contribution in [3.63, 3.8) is 0 Å². The first-order valence-electron chi connectivity index (χ1n) is 14.8. The van der Waals surface area contributed by atoms with E-state index in [2.05, 4.69) is 27.7 Å². The molecule has 4 atom stereocenters. The van der Waals surface area contributed by atoms with Crippen LogP contribution in [0, 0.1) is 33.5 Å². The normalized spacial score (nSPS) is 31.2. The number of fused-ring (bicyclic) bond motifs is 4. The van der Waals surface area contributed by atoms with Crippen molar-refractivity contribution in [3.05, 3.63) is 70.8 Å². The summed E-state index contributed by atoms with van der Waals surface area (Å²) in [5.74, 6) is 0.893. The van der Waals surface area contributed by atoms with Gasteiger partial charge in [-0.1, -0.05) is 65.8 Å². The molecule has 236 valence electrons. The number of benzene rings is 2. The van der Waals surface area contributed by atoms with Crippen molar-refractivity contribution >= 4 is 67.0 Å². The Morgan fingerprint density at radius 2 is 0.889 bits per heavy atom. The number of carbonyl (C=O) groups is 2. The summed E-state index contributed by atoms with van der Waals surface area (Å²) in [6, 6.07) is 11.5. The van der Waals surface area contributed by atoms with E-state index in [0.717, 1.165) is 48.0 Å². The van der Waals surface area contributed by atoms with Crippen LogP contribution in [0.1, 0.15) is 78.4 Å². The Morgan fingerprint density at radius 3 is 1.11 bits per heavy atom. The van der Waals surface area contributed by atoms with Crippen LogP contribution >= 0.6 is 0 Å². The van der Waals surface area contributed by atoms with Gasteiger partial charge < -0.3 is 9.11 Å². The summed E-state index contributed by atoms with van der Waals surface area (Å²) in [5, 5.41) is 0. The molecule has 0 radical (unpaired) electrons. The molecule has 0 spiro atoms. The molecule has 0 aromatic heterocycles. The smallest absolute Gasteiger partial charge is 0.744 e. The van der Waals surface area contributed by atoms with Crippen LogP contribution in [0.4, 0.5) is 0 Å². The maximum atomic E-state index is 12.7. The van der Waals surface area contributed by atoms with Gasteiger partial charge in [-0.2, -0.15) is 0 Å². The van der Waals surface area contributed by atoms with Crippen LogP contribution in [0.3, 0.4) is 0 Å². The minimum absolute atomic E-state index is 0. The van der Waals surface area contributed by atoms with E-state index in [-0.39, 0.29) is 77.9 Å². The van der Waals surface area contributed by atoms with E-state index in [1.165, 1.54) is 24.3 Å². The Hall–Kier alpha value is -2.15. The van der Waals surface area contributed by atoms with Crippen LogP contribution in [-0.2, 0) is 29.8 Å². The fourth-order valence-corrected chi connectivity index (χ4v) is 8.95. The molecule has 0 N–H and O–H groups in total. The summed E-state index contributed by atoms with van der Waals surface area (Å²) in [6.45, 7) is 12.7. The first-order valence-corrected chi connectivity index (χ1v) is 17.6. The molecule has 0 amide bonds. The van der Waals surface area contributed by atoms with E-state index in [4.69, 9.17) is 0 Å². The van der Waals surface area contributed by atoms with Crippen LogP contribution in [0.5, 0.6) is 0 Å². The average Bonchev–Trinajstić information content (AvgIpc) is 3.41. The Balaban J connectivity index is 0.000000200. The van der Waals surface area contributed by atoms with Crippen molar-refractivity contribution in [2.75, 3.05) is 0 Å². The van der Waals surface area contributed by atoms with Gasteiger partial charge in [-0.3, -0.25) is 9.59 Å². The molecule has 2 aromatic carbocycles. The fraction of sp³-hybridized carbons (Fsp3) is 0.471. The average molecular weight is 663 g/mol. The number of Topliss-reactive ketones (excluding diaryl/α,β-unsaturated/α-hetero) is 2. The van der Waals surface area contributed by atoms with Gasteiger partial charge in [0.25, 0.3) is 0 Å². The molecule has 0 heterocycles. The minimum Gasteiger partial charge on any atom is -0.744 e. The standard InChI is InChI=1S/2C17H20O4S.Mg/c2*1-16(2)14-8-9-17(16,3)15(18)13(14)10-11-4-6-12(7-5-11)22(19,20)21;/h2*4-7,10,14H,8-9H2,1-3H3,(H,19,20,21);/q;;+2/p-2. The quantitative estimate of drug-likeness (QED) is 0.233. The third-order valence-electron chi connectivity index (χ3n) is 11.7. The van der Waals surface area contributed by atoms with E-state index in [1.54, 1.807) is 24.3 Å². The molecule has 0 saturated heterocycles. The number of allylic oxidation sites excluding steroid dienone is 2. The largest absolute Gasteiger partial charge is 2.00 e. The first-order chi connectivity index (χ1) is 20.1. The van der Waals surface area contributed by atoms with Gasteiger partial charge in [-0.25, -0.2) is 16.8 Å². The molecule has 4 unspecified atom stereocenters. The number of hydrogen-bond acceptors (Lipinski definition) is 8. The van der Waals surface area contributed by atoms with Crippen molar-refractivity contribution in [3.8, 4) is 0 Å². The summed E-state index contributed by atoms with van der Waals surface area (Å²) in [5.41, 5.74) is 2.46. The Kier molecular flexibility index (Phi) is 9.14. The zero-order chi connectivity index (χ0) is 32.7. The maximum absolute atomic E-state index is 12.7. The Labute approximate surface area is 282 Å². The van der Waals surface area contributed by atoms with Gasteiger partial charge >= 0.3 is 23.1 Å². The predicted octanol–water partition coefficient (Wildman–Crippen LogP) is 5.62. The second kappa shape index (κ2) is 11.5. The van der Waals surface area contributed by atoms with E-state index in [9.17, 15) is 35.5 Å². The zero-order valence-corrected chi connectivity index (χ0v) is 29.6. The molecular formula is C34H38MgO8S2. The van der Waals surface area contributed by atoms with E-state index >= 15 is 0 Å². The van der Waals surface area contributed by atoms with Crippen LogP contribution in [0.2, 0.25) is 0 Å². The van der Waals surface area contributed by atoms with Crippen molar-refractivity contribution < 1.29 is 35.5 Å². The summed E-state index contributed by atoms with van der Waals surface area (Å²) in [7, 11) is -8.86. The zero-order valence-electron chi connectivity index (χ0n) is 26.5. The number of ketones is 2. The molecule has 45 heavy (non-hydrogen) atoms. The first kappa shape index (κ1) is 35.7. The van der Waals surface area contributed by atoms with Gasteiger partial charge in [-0.05, 0) is 107 Å². The van der Waals surface area contributed by atoms with E-state index in [0.29, 0.717) is 0 Å². The number of hydrogen-bond donors (Lipinski definition) is 0. The fourth-order valence-electron chi connectivity index (χ4n) is 8.01. The third-order valence-corrected chi connectivity index (χ3v) is 13.4.